The Morgan fingerprint density at radius 2 is 2.06 bits per heavy atom. The maximum Gasteiger partial charge on any atom is 0.161 e. The van der Waals surface area contributed by atoms with Crippen molar-refractivity contribution in [2.24, 2.45) is 4.99 Å². The predicted octanol–water partition coefficient (Wildman–Crippen LogP) is 4.07. The number of nitrogens with one attached hydrogen (secondary N) is 1. The zero-order valence-corrected chi connectivity index (χ0v) is 11.6. The van der Waals surface area contributed by atoms with E-state index in [1.54, 1.807) is 0 Å². The van der Waals surface area contributed by atoms with E-state index in [4.69, 9.17) is 4.99 Å². The lowest BCUT2D eigenvalue weighted by Crippen LogP contribution is -2.29. The first-order chi connectivity index (χ1) is 8.11. The summed E-state index contributed by atoms with van der Waals surface area (Å²) in [7, 11) is 0. The molecule has 92 valence electrons. The maximum atomic E-state index is 4.82. The highest BCUT2D eigenvalue weighted by atomic mass is 32.2. The van der Waals surface area contributed by atoms with Crippen LogP contribution in [-0.4, -0.2) is 16.5 Å². The third-order valence-corrected chi connectivity index (χ3v) is 4.19. The van der Waals surface area contributed by atoms with Crippen LogP contribution in [0.1, 0.15) is 32.3 Å². The Morgan fingerprint density at radius 1 is 1.35 bits per heavy atom. The molecule has 3 heteroatoms. The number of nitrogens with zero attached hydrogens (tertiary/aromatic N) is 1. The molecule has 0 aromatic heterocycles. The van der Waals surface area contributed by atoms with Crippen LogP contribution in [0.5, 0.6) is 0 Å². The SMILES string of the molecule is CCC1(C)CCSC(Nc2ccc(C)cc2)=N1. The Bertz CT molecular complexity index is 411. The van der Waals surface area contributed by atoms with Gasteiger partial charge in [-0.2, -0.15) is 0 Å². The van der Waals surface area contributed by atoms with Crippen molar-refractivity contribution in [2.75, 3.05) is 11.1 Å². The molecule has 1 aliphatic heterocycles. The van der Waals surface area contributed by atoms with Gasteiger partial charge in [-0.15, -0.1) is 0 Å². The fourth-order valence-electron chi connectivity index (χ4n) is 1.78. The Morgan fingerprint density at radius 3 is 2.71 bits per heavy atom. The molecule has 1 aromatic rings. The molecule has 0 bridgehead atoms. The van der Waals surface area contributed by atoms with Crippen molar-refractivity contribution in [3.05, 3.63) is 29.8 Å². The Balaban J connectivity index is 2.10. The third kappa shape index (κ3) is 3.25. The Kier molecular flexibility index (Phi) is 3.77. The molecule has 1 aromatic carbocycles. The molecule has 2 nitrogen and oxygen atoms in total. The normalized spacial score (nSPS) is 24.3. The highest BCUT2D eigenvalue weighted by Crippen LogP contribution is 2.29. The highest BCUT2D eigenvalue weighted by molar-refractivity contribution is 8.14. The first kappa shape index (κ1) is 12.5. The van der Waals surface area contributed by atoms with Crippen LogP contribution in [0.15, 0.2) is 29.3 Å². The number of rotatable bonds is 2. The van der Waals surface area contributed by atoms with Crippen LogP contribution in [0.3, 0.4) is 0 Å². The van der Waals surface area contributed by atoms with E-state index in [0.29, 0.717) is 0 Å². The monoisotopic (exact) mass is 248 g/mol. The van der Waals surface area contributed by atoms with Gasteiger partial charge in [0.25, 0.3) is 0 Å². The minimum atomic E-state index is 0.123. The van der Waals surface area contributed by atoms with Gasteiger partial charge in [-0.3, -0.25) is 4.99 Å². The maximum absolute atomic E-state index is 4.82. The molecule has 1 unspecified atom stereocenters. The summed E-state index contributed by atoms with van der Waals surface area (Å²) < 4.78 is 0. The topological polar surface area (TPSA) is 24.4 Å². The second kappa shape index (κ2) is 5.13. The zero-order valence-electron chi connectivity index (χ0n) is 10.8. The van der Waals surface area contributed by atoms with Gasteiger partial charge in [-0.05, 0) is 38.8 Å². The van der Waals surface area contributed by atoms with Crippen LogP contribution in [0.25, 0.3) is 0 Å². The summed E-state index contributed by atoms with van der Waals surface area (Å²) in [6, 6.07) is 8.46. The Labute approximate surface area is 108 Å². The molecule has 0 fully saturated rings. The number of anilines is 1. The number of aryl methyl sites for hydroxylation is 1. The van der Waals surface area contributed by atoms with Crippen molar-refractivity contribution < 1.29 is 0 Å². The largest absolute Gasteiger partial charge is 0.335 e. The number of amidine groups is 1. The molecule has 0 spiro atoms. The minimum absolute atomic E-state index is 0.123. The number of hydrogen-bond acceptors (Lipinski definition) is 3. The molecular weight excluding hydrogens is 228 g/mol. The van der Waals surface area contributed by atoms with E-state index in [0.717, 1.165) is 23.0 Å². The summed E-state index contributed by atoms with van der Waals surface area (Å²) in [5, 5.41) is 4.47. The van der Waals surface area contributed by atoms with Gasteiger partial charge in [0.2, 0.25) is 0 Å². The van der Waals surface area contributed by atoms with E-state index in [1.165, 1.54) is 12.0 Å². The van der Waals surface area contributed by atoms with Gasteiger partial charge < -0.3 is 5.32 Å². The van der Waals surface area contributed by atoms with E-state index < -0.39 is 0 Å². The molecule has 0 saturated carbocycles. The average Bonchev–Trinajstić information content (AvgIpc) is 2.32. The summed E-state index contributed by atoms with van der Waals surface area (Å²) in [6.07, 6.45) is 2.28. The van der Waals surface area contributed by atoms with Crippen molar-refractivity contribution >= 4 is 22.6 Å². The van der Waals surface area contributed by atoms with E-state index in [-0.39, 0.29) is 5.54 Å². The molecule has 0 saturated heterocycles. The average molecular weight is 248 g/mol. The predicted molar refractivity (Wildman–Crippen MR) is 78.0 cm³/mol. The first-order valence-corrected chi connectivity index (χ1v) is 7.16. The van der Waals surface area contributed by atoms with Crippen molar-refractivity contribution in [1.82, 2.24) is 0 Å². The van der Waals surface area contributed by atoms with E-state index in [9.17, 15) is 0 Å². The number of thioether (sulfide) groups is 1. The molecule has 0 aliphatic carbocycles. The Hall–Kier alpha value is -0.960. The van der Waals surface area contributed by atoms with Crippen molar-refractivity contribution in [3.63, 3.8) is 0 Å². The summed E-state index contributed by atoms with van der Waals surface area (Å²) in [5.41, 5.74) is 2.53. The number of benzene rings is 1. The lowest BCUT2D eigenvalue weighted by Gasteiger charge is -2.29. The first-order valence-electron chi connectivity index (χ1n) is 6.18. The zero-order chi connectivity index (χ0) is 12.3. The van der Waals surface area contributed by atoms with E-state index in [1.807, 2.05) is 11.8 Å². The standard InChI is InChI=1S/C14H20N2S/c1-4-14(3)9-10-17-13(16-14)15-12-7-5-11(2)6-8-12/h5-8H,4,9-10H2,1-3H3,(H,15,16). The molecule has 1 aliphatic rings. The van der Waals surface area contributed by atoms with Crippen molar-refractivity contribution in [2.45, 2.75) is 39.2 Å². The summed E-state index contributed by atoms with van der Waals surface area (Å²) in [4.78, 5) is 4.82. The molecular formula is C14H20N2S. The lowest BCUT2D eigenvalue weighted by molar-refractivity contribution is 0.443. The van der Waals surface area contributed by atoms with Gasteiger partial charge in [0, 0.05) is 11.4 Å². The van der Waals surface area contributed by atoms with Gasteiger partial charge in [-0.25, -0.2) is 0 Å². The third-order valence-electron chi connectivity index (χ3n) is 3.32. The molecule has 1 N–H and O–H groups in total. The lowest BCUT2D eigenvalue weighted by atomic mass is 9.97. The van der Waals surface area contributed by atoms with Crippen LogP contribution in [-0.2, 0) is 0 Å². The fourth-order valence-corrected chi connectivity index (χ4v) is 2.99. The van der Waals surface area contributed by atoms with Crippen LogP contribution in [0.2, 0.25) is 0 Å². The van der Waals surface area contributed by atoms with Crippen LogP contribution >= 0.6 is 11.8 Å². The molecule has 1 heterocycles. The molecule has 0 amide bonds. The molecule has 2 rings (SSSR count). The number of aliphatic imine (C=N–C) groups is 1. The highest BCUT2D eigenvalue weighted by Gasteiger charge is 2.25. The summed E-state index contributed by atoms with van der Waals surface area (Å²) >= 11 is 1.82. The van der Waals surface area contributed by atoms with Crippen LogP contribution in [0, 0.1) is 6.92 Å². The van der Waals surface area contributed by atoms with Crippen LogP contribution in [0.4, 0.5) is 5.69 Å². The molecule has 17 heavy (non-hydrogen) atoms. The van der Waals surface area contributed by atoms with Crippen molar-refractivity contribution in [3.8, 4) is 0 Å². The quantitative estimate of drug-likeness (QED) is 0.853. The van der Waals surface area contributed by atoms with Gasteiger partial charge in [0.1, 0.15) is 0 Å². The summed E-state index contributed by atoms with van der Waals surface area (Å²) in [5.74, 6) is 1.15. The van der Waals surface area contributed by atoms with Gasteiger partial charge >= 0.3 is 0 Å². The van der Waals surface area contributed by atoms with Gasteiger partial charge in [0.05, 0.1) is 5.54 Å². The number of hydrogen-bond donors (Lipinski definition) is 1. The van der Waals surface area contributed by atoms with Gasteiger partial charge in [0.15, 0.2) is 5.17 Å². The minimum Gasteiger partial charge on any atom is -0.335 e. The van der Waals surface area contributed by atoms with E-state index in [2.05, 4.69) is 50.4 Å². The van der Waals surface area contributed by atoms with E-state index >= 15 is 0 Å². The van der Waals surface area contributed by atoms with Crippen molar-refractivity contribution in [1.29, 1.82) is 0 Å². The van der Waals surface area contributed by atoms with Gasteiger partial charge in [-0.1, -0.05) is 36.4 Å². The molecule has 1 atom stereocenters. The smallest absolute Gasteiger partial charge is 0.161 e. The molecule has 0 radical (unpaired) electrons. The second-order valence-corrected chi connectivity index (χ2v) is 5.94. The fraction of sp³-hybridized carbons (Fsp3) is 0.500. The second-order valence-electron chi connectivity index (χ2n) is 4.86. The van der Waals surface area contributed by atoms with Crippen LogP contribution < -0.4 is 5.32 Å². The summed E-state index contributed by atoms with van der Waals surface area (Å²) in [6.45, 7) is 6.55.